The van der Waals surface area contributed by atoms with E-state index >= 15 is 0 Å². The molecule has 26 heavy (non-hydrogen) atoms. The van der Waals surface area contributed by atoms with Crippen LogP contribution in [0.2, 0.25) is 0 Å². The number of nitrogens with one attached hydrogen (secondary N) is 1. The standard InChI is InChI=1S/C20H21FN2O3/c1-12-19(16-10-14(21)7-8-17(16)22-12)20(25)23(2)11-18(24)13-5-4-6-15(9-13)26-3/h4-10,18,22,24H,11H2,1-3H3. The zero-order valence-corrected chi connectivity index (χ0v) is 14.9. The first kappa shape index (κ1) is 17.9. The molecule has 3 rings (SSSR count). The molecule has 1 unspecified atom stereocenters. The molecule has 0 bridgehead atoms. The van der Waals surface area contributed by atoms with Crippen LogP contribution in [0, 0.1) is 12.7 Å². The molecule has 0 aliphatic heterocycles. The number of aliphatic hydroxyl groups is 1. The largest absolute Gasteiger partial charge is 0.497 e. The van der Waals surface area contributed by atoms with Crippen molar-refractivity contribution >= 4 is 16.8 Å². The summed E-state index contributed by atoms with van der Waals surface area (Å²) in [6.07, 6.45) is -0.860. The number of carbonyl (C=O) groups is 1. The van der Waals surface area contributed by atoms with Crippen LogP contribution in [-0.4, -0.2) is 41.6 Å². The zero-order chi connectivity index (χ0) is 18.8. The molecule has 0 spiro atoms. The number of aryl methyl sites for hydroxylation is 1. The van der Waals surface area contributed by atoms with Gasteiger partial charge in [0.25, 0.3) is 5.91 Å². The van der Waals surface area contributed by atoms with Crippen LogP contribution >= 0.6 is 0 Å². The van der Waals surface area contributed by atoms with Gasteiger partial charge in [-0.05, 0) is 42.8 Å². The van der Waals surface area contributed by atoms with Crippen molar-refractivity contribution < 1.29 is 19.0 Å². The highest BCUT2D eigenvalue weighted by Crippen LogP contribution is 2.25. The fourth-order valence-corrected chi connectivity index (χ4v) is 3.06. The first-order valence-corrected chi connectivity index (χ1v) is 8.26. The first-order valence-electron chi connectivity index (χ1n) is 8.26. The van der Waals surface area contributed by atoms with Gasteiger partial charge < -0.3 is 19.7 Å². The summed E-state index contributed by atoms with van der Waals surface area (Å²) >= 11 is 0. The number of carbonyl (C=O) groups excluding carboxylic acids is 1. The Morgan fingerprint density at radius 1 is 1.31 bits per heavy atom. The van der Waals surface area contributed by atoms with E-state index in [0.29, 0.717) is 33.5 Å². The number of amides is 1. The van der Waals surface area contributed by atoms with Crippen LogP contribution in [0.25, 0.3) is 10.9 Å². The molecule has 3 aromatic rings. The van der Waals surface area contributed by atoms with E-state index in [1.807, 2.05) is 0 Å². The lowest BCUT2D eigenvalue weighted by atomic mass is 10.1. The van der Waals surface area contributed by atoms with Gasteiger partial charge in [-0.1, -0.05) is 12.1 Å². The van der Waals surface area contributed by atoms with Crippen molar-refractivity contribution in [2.24, 2.45) is 0 Å². The molecule has 0 saturated carbocycles. The maximum Gasteiger partial charge on any atom is 0.256 e. The number of rotatable bonds is 5. The number of fused-ring (bicyclic) bond motifs is 1. The normalized spacial score (nSPS) is 12.2. The van der Waals surface area contributed by atoms with Gasteiger partial charge in [0.2, 0.25) is 0 Å². The Hall–Kier alpha value is -2.86. The Balaban J connectivity index is 1.84. The lowest BCUT2D eigenvalue weighted by molar-refractivity contribution is 0.0682. The highest BCUT2D eigenvalue weighted by Gasteiger charge is 2.22. The molecule has 0 radical (unpaired) electrons. The molecule has 0 aliphatic carbocycles. The number of halogens is 1. The van der Waals surface area contributed by atoms with Crippen molar-refractivity contribution in [3.8, 4) is 5.75 Å². The van der Waals surface area contributed by atoms with Crippen LogP contribution in [0.15, 0.2) is 42.5 Å². The Morgan fingerprint density at radius 2 is 2.08 bits per heavy atom. The molecule has 6 heteroatoms. The minimum Gasteiger partial charge on any atom is -0.497 e. The summed E-state index contributed by atoms with van der Waals surface area (Å²) < 4.78 is 18.8. The lowest BCUT2D eigenvalue weighted by Gasteiger charge is -2.21. The summed E-state index contributed by atoms with van der Waals surface area (Å²) in [5, 5.41) is 11.0. The van der Waals surface area contributed by atoms with Crippen LogP contribution in [0.3, 0.4) is 0 Å². The Kier molecular flexibility index (Phi) is 4.95. The van der Waals surface area contributed by atoms with Crippen LogP contribution in [-0.2, 0) is 0 Å². The minimum atomic E-state index is -0.860. The van der Waals surface area contributed by atoms with Gasteiger partial charge in [-0.3, -0.25) is 4.79 Å². The number of aromatic amines is 1. The second kappa shape index (κ2) is 7.17. The van der Waals surface area contributed by atoms with Gasteiger partial charge in [0.05, 0.1) is 25.3 Å². The van der Waals surface area contributed by atoms with E-state index in [4.69, 9.17) is 4.74 Å². The number of nitrogens with zero attached hydrogens (tertiary/aromatic N) is 1. The molecule has 1 amide bonds. The fourth-order valence-electron chi connectivity index (χ4n) is 3.06. The Morgan fingerprint density at radius 3 is 2.81 bits per heavy atom. The summed E-state index contributed by atoms with van der Waals surface area (Å²) in [7, 11) is 3.17. The summed E-state index contributed by atoms with van der Waals surface area (Å²) in [6.45, 7) is 1.88. The van der Waals surface area contributed by atoms with Gasteiger partial charge in [0.1, 0.15) is 11.6 Å². The fraction of sp³-hybridized carbons (Fsp3) is 0.250. The third-order valence-corrected chi connectivity index (χ3v) is 4.43. The number of hydrogen-bond donors (Lipinski definition) is 2. The number of likely N-dealkylation sites (N-methyl/N-ethyl adjacent to an activating group) is 1. The molecule has 2 aromatic carbocycles. The molecule has 2 N–H and O–H groups in total. The maximum atomic E-state index is 13.6. The number of methoxy groups -OCH3 is 1. The topological polar surface area (TPSA) is 65.6 Å². The van der Waals surface area contributed by atoms with Crippen molar-refractivity contribution in [1.82, 2.24) is 9.88 Å². The first-order chi connectivity index (χ1) is 12.4. The van der Waals surface area contributed by atoms with Gasteiger partial charge >= 0.3 is 0 Å². The second-order valence-electron chi connectivity index (χ2n) is 6.29. The van der Waals surface area contributed by atoms with Gasteiger partial charge in [0, 0.05) is 23.6 Å². The highest BCUT2D eigenvalue weighted by molar-refractivity contribution is 6.08. The molecular formula is C20H21FN2O3. The van der Waals surface area contributed by atoms with E-state index in [1.54, 1.807) is 51.4 Å². The molecule has 0 saturated heterocycles. The van der Waals surface area contributed by atoms with Crippen LogP contribution in [0.5, 0.6) is 5.75 Å². The van der Waals surface area contributed by atoms with Crippen LogP contribution in [0.4, 0.5) is 4.39 Å². The minimum absolute atomic E-state index is 0.105. The quantitative estimate of drug-likeness (QED) is 0.736. The molecule has 5 nitrogen and oxygen atoms in total. The smallest absolute Gasteiger partial charge is 0.256 e. The molecule has 136 valence electrons. The molecule has 1 atom stereocenters. The van der Waals surface area contributed by atoms with Crippen LogP contribution < -0.4 is 4.74 Å². The third-order valence-electron chi connectivity index (χ3n) is 4.43. The second-order valence-corrected chi connectivity index (χ2v) is 6.29. The molecule has 0 aliphatic rings. The summed E-state index contributed by atoms with van der Waals surface area (Å²) in [6, 6.07) is 11.4. The average Bonchev–Trinajstić information content (AvgIpc) is 2.95. The van der Waals surface area contributed by atoms with Crippen molar-refractivity contribution in [2.45, 2.75) is 13.0 Å². The molecule has 1 aromatic heterocycles. The highest BCUT2D eigenvalue weighted by atomic mass is 19.1. The Labute approximate surface area is 151 Å². The van der Waals surface area contributed by atoms with Crippen molar-refractivity contribution in [1.29, 1.82) is 0 Å². The van der Waals surface area contributed by atoms with Gasteiger partial charge in [0.15, 0.2) is 0 Å². The number of ether oxygens (including phenoxy) is 1. The number of aliphatic hydroxyl groups excluding tert-OH is 1. The van der Waals surface area contributed by atoms with E-state index < -0.39 is 11.9 Å². The SMILES string of the molecule is COc1cccc(C(O)CN(C)C(=O)c2c(C)[nH]c3ccc(F)cc23)c1. The summed E-state index contributed by atoms with van der Waals surface area (Å²) in [5.41, 5.74) is 2.44. The molecular weight excluding hydrogens is 335 g/mol. The summed E-state index contributed by atoms with van der Waals surface area (Å²) in [4.78, 5) is 17.4. The number of benzene rings is 2. The van der Waals surface area contributed by atoms with E-state index in [0.717, 1.165) is 0 Å². The van der Waals surface area contributed by atoms with E-state index in [-0.39, 0.29) is 12.5 Å². The van der Waals surface area contributed by atoms with Crippen molar-refractivity contribution in [3.05, 3.63) is 65.1 Å². The zero-order valence-electron chi connectivity index (χ0n) is 14.9. The maximum absolute atomic E-state index is 13.6. The predicted molar refractivity (Wildman–Crippen MR) is 97.9 cm³/mol. The van der Waals surface area contributed by atoms with E-state index in [1.165, 1.54) is 17.0 Å². The van der Waals surface area contributed by atoms with Crippen molar-refractivity contribution in [3.63, 3.8) is 0 Å². The third kappa shape index (κ3) is 3.41. The van der Waals surface area contributed by atoms with E-state index in [9.17, 15) is 14.3 Å². The van der Waals surface area contributed by atoms with Gasteiger partial charge in [-0.2, -0.15) is 0 Å². The lowest BCUT2D eigenvalue weighted by Crippen LogP contribution is -2.31. The number of H-pyrrole nitrogens is 1. The monoisotopic (exact) mass is 356 g/mol. The average molecular weight is 356 g/mol. The number of aromatic nitrogens is 1. The molecule has 0 fully saturated rings. The van der Waals surface area contributed by atoms with Gasteiger partial charge in [-0.15, -0.1) is 0 Å². The van der Waals surface area contributed by atoms with Crippen LogP contribution in [0.1, 0.15) is 27.7 Å². The van der Waals surface area contributed by atoms with Gasteiger partial charge in [-0.25, -0.2) is 4.39 Å². The number of hydrogen-bond acceptors (Lipinski definition) is 3. The van der Waals surface area contributed by atoms with E-state index in [2.05, 4.69) is 4.98 Å². The predicted octanol–water partition coefficient (Wildman–Crippen LogP) is 3.43. The Bertz CT molecular complexity index is 951. The summed E-state index contributed by atoms with van der Waals surface area (Å²) in [5.74, 6) is -0.0376. The molecule has 1 heterocycles. The van der Waals surface area contributed by atoms with Crippen molar-refractivity contribution in [2.75, 3.05) is 20.7 Å².